The first-order chi connectivity index (χ1) is 15.3. The van der Waals surface area contributed by atoms with Crippen LogP contribution in [0.15, 0.2) is 115 Å². The molecule has 3 heteroatoms. The Bertz CT molecular complexity index is 1320. The van der Waals surface area contributed by atoms with E-state index in [-0.39, 0.29) is 0 Å². The molecular formula is C28H19ClN2. The summed E-state index contributed by atoms with van der Waals surface area (Å²) in [5.74, 6) is 0. The Labute approximate surface area is 186 Å². The summed E-state index contributed by atoms with van der Waals surface area (Å²) in [6.07, 6.45) is 1.82. The van der Waals surface area contributed by atoms with Crippen LogP contribution in [0, 0.1) is 0 Å². The van der Waals surface area contributed by atoms with E-state index < -0.39 is 0 Å². The van der Waals surface area contributed by atoms with E-state index >= 15 is 0 Å². The van der Waals surface area contributed by atoms with Gasteiger partial charge in [0.05, 0.1) is 23.3 Å². The average Bonchev–Trinajstić information content (AvgIpc) is 2.85. The summed E-state index contributed by atoms with van der Waals surface area (Å²) >= 11 is 6.65. The molecule has 0 unspecified atom stereocenters. The first-order valence-corrected chi connectivity index (χ1v) is 10.5. The standard InChI is InChI=1S/C28H19ClN2/c29-25-18-23(16-17-24(25)20-10-4-1-5-11-20)26-19-30-27(21-12-6-2-7-13-21)28(31-26)22-14-8-3-9-15-22/h1-19H. The van der Waals surface area contributed by atoms with Gasteiger partial charge in [-0.1, -0.05) is 115 Å². The first-order valence-electron chi connectivity index (χ1n) is 10.1. The van der Waals surface area contributed by atoms with E-state index in [0.717, 1.165) is 44.9 Å². The van der Waals surface area contributed by atoms with Crippen LogP contribution in [0.3, 0.4) is 0 Å². The molecule has 2 nitrogen and oxygen atoms in total. The van der Waals surface area contributed by atoms with Crippen molar-refractivity contribution < 1.29 is 0 Å². The minimum atomic E-state index is 0.693. The zero-order chi connectivity index (χ0) is 21.0. The van der Waals surface area contributed by atoms with Gasteiger partial charge in [0.25, 0.3) is 0 Å². The van der Waals surface area contributed by atoms with Crippen LogP contribution in [0.4, 0.5) is 0 Å². The molecule has 0 aliphatic rings. The van der Waals surface area contributed by atoms with E-state index in [1.54, 1.807) is 0 Å². The van der Waals surface area contributed by atoms with E-state index in [4.69, 9.17) is 21.6 Å². The summed E-state index contributed by atoms with van der Waals surface area (Å²) in [5.41, 5.74) is 7.61. The van der Waals surface area contributed by atoms with Crippen LogP contribution >= 0.6 is 11.6 Å². The topological polar surface area (TPSA) is 25.8 Å². The molecule has 0 bridgehead atoms. The van der Waals surface area contributed by atoms with Crippen molar-refractivity contribution in [2.24, 2.45) is 0 Å². The van der Waals surface area contributed by atoms with Crippen molar-refractivity contribution in [1.82, 2.24) is 9.97 Å². The Morgan fingerprint density at radius 2 is 1.06 bits per heavy atom. The number of aromatic nitrogens is 2. The molecule has 0 radical (unpaired) electrons. The second-order valence-corrected chi connectivity index (χ2v) is 7.65. The van der Waals surface area contributed by atoms with E-state index in [9.17, 15) is 0 Å². The average molecular weight is 419 g/mol. The third-order valence-corrected chi connectivity index (χ3v) is 5.53. The van der Waals surface area contributed by atoms with Gasteiger partial charge in [-0.05, 0) is 11.6 Å². The van der Waals surface area contributed by atoms with E-state index in [1.807, 2.05) is 72.9 Å². The molecule has 0 N–H and O–H groups in total. The second kappa shape index (κ2) is 8.55. The van der Waals surface area contributed by atoms with Gasteiger partial charge >= 0.3 is 0 Å². The molecule has 5 aromatic rings. The smallest absolute Gasteiger partial charge is 0.0972 e. The van der Waals surface area contributed by atoms with Crippen molar-refractivity contribution in [2.45, 2.75) is 0 Å². The van der Waals surface area contributed by atoms with Crippen LogP contribution in [0.1, 0.15) is 0 Å². The van der Waals surface area contributed by atoms with Crippen molar-refractivity contribution in [3.63, 3.8) is 0 Å². The molecule has 0 atom stereocenters. The lowest BCUT2D eigenvalue weighted by molar-refractivity contribution is 1.21. The number of halogens is 1. The highest BCUT2D eigenvalue weighted by Crippen LogP contribution is 2.34. The molecule has 0 saturated heterocycles. The lowest BCUT2D eigenvalue weighted by atomic mass is 10.0. The summed E-state index contributed by atoms with van der Waals surface area (Å²) in [4.78, 5) is 9.82. The Morgan fingerprint density at radius 1 is 0.516 bits per heavy atom. The van der Waals surface area contributed by atoms with Gasteiger partial charge < -0.3 is 0 Å². The number of benzene rings is 4. The lowest BCUT2D eigenvalue weighted by Gasteiger charge is -2.12. The van der Waals surface area contributed by atoms with Crippen LogP contribution in [0.5, 0.6) is 0 Å². The number of hydrogen-bond acceptors (Lipinski definition) is 2. The monoisotopic (exact) mass is 418 g/mol. The van der Waals surface area contributed by atoms with Crippen LogP contribution in [0.25, 0.3) is 44.9 Å². The van der Waals surface area contributed by atoms with E-state index in [0.29, 0.717) is 5.02 Å². The minimum absolute atomic E-state index is 0.693. The van der Waals surface area contributed by atoms with Gasteiger partial charge in [0.2, 0.25) is 0 Å². The predicted octanol–water partition coefficient (Wildman–Crippen LogP) is 7.80. The molecule has 1 aromatic heterocycles. The molecule has 0 amide bonds. The fraction of sp³-hybridized carbons (Fsp3) is 0. The zero-order valence-corrected chi connectivity index (χ0v) is 17.5. The van der Waals surface area contributed by atoms with Crippen LogP contribution in [0.2, 0.25) is 5.02 Å². The molecule has 0 aliphatic heterocycles. The number of nitrogens with zero attached hydrogens (tertiary/aromatic N) is 2. The highest BCUT2D eigenvalue weighted by atomic mass is 35.5. The van der Waals surface area contributed by atoms with Gasteiger partial charge in [0.1, 0.15) is 0 Å². The summed E-state index contributed by atoms with van der Waals surface area (Å²) in [6.45, 7) is 0. The van der Waals surface area contributed by atoms with Crippen LogP contribution < -0.4 is 0 Å². The Kier molecular flexibility index (Phi) is 5.30. The molecule has 4 aromatic carbocycles. The van der Waals surface area contributed by atoms with E-state index in [1.165, 1.54) is 0 Å². The number of hydrogen-bond donors (Lipinski definition) is 0. The SMILES string of the molecule is Clc1cc(-c2cnc(-c3ccccc3)c(-c3ccccc3)n2)ccc1-c1ccccc1. The highest BCUT2D eigenvalue weighted by molar-refractivity contribution is 6.33. The summed E-state index contributed by atoms with van der Waals surface area (Å²) < 4.78 is 0. The number of rotatable bonds is 4. The largest absolute Gasteiger partial charge is 0.252 e. The minimum Gasteiger partial charge on any atom is -0.252 e. The molecule has 0 aliphatic carbocycles. The normalized spacial score (nSPS) is 10.7. The quantitative estimate of drug-likeness (QED) is 0.297. The molecule has 0 spiro atoms. The van der Waals surface area contributed by atoms with Crippen LogP contribution in [-0.2, 0) is 0 Å². The molecule has 5 rings (SSSR count). The fourth-order valence-electron chi connectivity index (χ4n) is 3.66. The van der Waals surface area contributed by atoms with Crippen molar-refractivity contribution in [2.75, 3.05) is 0 Å². The summed E-state index contributed by atoms with van der Waals surface area (Å²) in [7, 11) is 0. The maximum atomic E-state index is 6.65. The predicted molar refractivity (Wildman–Crippen MR) is 129 cm³/mol. The van der Waals surface area contributed by atoms with Gasteiger partial charge in [-0.15, -0.1) is 0 Å². The van der Waals surface area contributed by atoms with Gasteiger partial charge in [-0.25, -0.2) is 4.98 Å². The second-order valence-electron chi connectivity index (χ2n) is 7.25. The van der Waals surface area contributed by atoms with Crippen molar-refractivity contribution in [3.8, 4) is 44.9 Å². The molecule has 31 heavy (non-hydrogen) atoms. The van der Waals surface area contributed by atoms with Gasteiger partial charge in [-0.2, -0.15) is 0 Å². The molecule has 0 saturated carbocycles. The zero-order valence-electron chi connectivity index (χ0n) is 16.7. The summed E-state index contributed by atoms with van der Waals surface area (Å²) in [5, 5.41) is 0.693. The Balaban J connectivity index is 1.62. The Hall–Kier alpha value is -3.75. The maximum Gasteiger partial charge on any atom is 0.0972 e. The van der Waals surface area contributed by atoms with Gasteiger partial charge in [0, 0.05) is 27.3 Å². The van der Waals surface area contributed by atoms with Gasteiger partial charge in [-0.3, -0.25) is 4.98 Å². The first kappa shape index (κ1) is 19.2. The highest BCUT2D eigenvalue weighted by Gasteiger charge is 2.14. The van der Waals surface area contributed by atoms with Gasteiger partial charge in [0.15, 0.2) is 0 Å². The van der Waals surface area contributed by atoms with E-state index in [2.05, 4.69) is 42.5 Å². The van der Waals surface area contributed by atoms with Crippen molar-refractivity contribution in [1.29, 1.82) is 0 Å². The third kappa shape index (κ3) is 3.98. The molecule has 1 heterocycles. The van der Waals surface area contributed by atoms with Crippen molar-refractivity contribution >= 4 is 11.6 Å². The Morgan fingerprint density at radius 3 is 1.65 bits per heavy atom. The third-order valence-electron chi connectivity index (χ3n) is 5.22. The lowest BCUT2D eigenvalue weighted by Crippen LogP contribution is -1.96. The summed E-state index contributed by atoms with van der Waals surface area (Å²) in [6, 6.07) is 36.5. The van der Waals surface area contributed by atoms with Crippen molar-refractivity contribution in [3.05, 3.63) is 120 Å². The molecule has 148 valence electrons. The maximum absolute atomic E-state index is 6.65. The molecular weight excluding hydrogens is 400 g/mol. The fourth-order valence-corrected chi connectivity index (χ4v) is 3.95. The molecule has 0 fully saturated rings. The van der Waals surface area contributed by atoms with Crippen LogP contribution in [-0.4, -0.2) is 9.97 Å².